The van der Waals surface area contributed by atoms with Gasteiger partial charge in [-0.05, 0) is 55.7 Å². The summed E-state index contributed by atoms with van der Waals surface area (Å²) in [5.74, 6) is 0.901. The van der Waals surface area contributed by atoms with Gasteiger partial charge in [0.2, 0.25) is 15.9 Å². The molecule has 0 spiro atoms. The number of anilines is 1. The summed E-state index contributed by atoms with van der Waals surface area (Å²) in [5, 5.41) is 3.33. The van der Waals surface area contributed by atoms with Crippen LogP contribution in [0.5, 0.6) is 11.5 Å². The van der Waals surface area contributed by atoms with Crippen LogP contribution in [0.3, 0.4) is 0 Å². The highest BCUT2D eigenvalue weighted by Crippen LogP contribution is 2.33. The first-order valence-electron chi connectivity index (χ1n) is 10.1. The number of halogens is 1. The van der Waals surface area contributed by atoms with Gasteiger partial charge in [-0.1, -0.05) is 30.7 Å². The van der Waals surface area contributed by atoms with Crippen molar-refractivity contribution in [3.8, 4) is 11.5 Å². The Bertz CT molecular complexity index is 1070. The number of carbonyl (C=O) groups excluding carboxylic acids is 1. The molecule has 168 valence electrons. The van der Waals surface area contributed by atoms with Gasteiger partial charge in [-0.2, -0.15) is 0 Å². The van der Waals surface area contributed by atoms with Crippen LogP contribution in [0.2, 0.25) is 5.02 Å². The van der Waals surface area contributed by atoms with Crippen molar-refractivity contribution in [1.82, 2.24) is 5.32 Å². The van der Waals surface area contributed by atoms with E-state index in [1.54, 1.807) is 32.0 Å². The van der Waals surface area contributed by atoms with E-state index in [4.69, 9.17) is 21.1 Å². The van der Waals surface area contributed by atoms with Crippen LogP contribution in [0.25, 0.3) is 0 Å². The van der Waals surface area contributed by atoms with Crippen LogP contribution >= 0.6 is 11.6 Å². The summed E-state index contributed by atoms with van der Waals surface area (Å²) in [4.78, 5) is 13.2. The highest BCUT2D eigenvalue weighted by atomic mass is 35.5. The number of rotatable bonds is 7. The monoisotopic (exact) mass is 466 g/mol. The molecule has 2 aromatic carbocycles. The van der Waals surface area contributed by atoms with Gasteiger partial charge < -0.3 is 14.8 Å². The Morgan fingerprint density at radius 3 is 2.48 bits per heavy atom. The largest absolute Gasteiger partial charge is 0.486 e. The highest BCUT2D eigenvalue weighted by molar-refractivity contribution is 7.92. The number of sulfonamides is 1. The zero-order valence-electron chi connectivity index (χ0n) is 18.0. The van der Waals surface area contributed by atoms with Gasteiger partial charge in [0.25, 0.3) is 0 Å². The lowest BCUT2D eigenvalue weighted by atomic mass is 10.1. The van der Waals surface area contributed by atoms with Gasteiger partial charge in [-0.25, -0.2) is 8.42 Å². The maximum absolute atomic E-state index is 13.2. The lowest BCUT2D eigenvalue weighted by Crippen LogP contribution is -2.50. The number of ether oxygens (including phenoxy) is 2. The molecule has 1 heterocycles. The summed E-state index contributed by atoms with van der Waals surface area (Å²) in [6.07, 6.45) is 1.38. The van der Waals surface area contributed by atoms with Gasteiger partial charge in [0.1, 0.15) is 19.3 Å². The number of nitrogens with one attached hydrogen (secondary N) is 1. The van der Waals surface area contributed by atoms with Crippen molar-refractivity contribution in [3.63, 3.8) is 0 Å². The van der Waals surface area contributed by atoms with Crippen molar-refractivity contribution in [2.45, 2.75) is 39.3 Å². The van der Waals surface area contributed by atoms with Crippen LogP contribution in [0.15, 0.2) is 36.4 Å². The summed E-state index contributed by atoms with van der Waals surface area (Å²) in [6, 6.07) is 9.19. The van der Waals surface area contributed by atoms with E-state index in [2.05, 4.69) is 5.32 Å². The van der Waals surface area contributed by atoms with Crippen molar-refractivity contribution in [2.24, 2.45) is 0 Å². The molecule has 3 rings (SSSR count). The first-order valence-corrected chi connectivity index (χ1v) is 12.3. The van der Waals surface area contributed by atoms with Crippen molar-refractivity contribution >= 4 is 33.2 Å². The van der Waals surface area contributed by atoms with E-state index in [1.807, 2.05) is 25.1 Å². The van der Waals surface area contributed by atoms with Gasteiger partial charge in [0.05, 0.1) is 18.0 Å². The minimum atomic E-state index is -3.75. The summed E-state index contributed by atoms with van der Waals surface area (Å²) < 4.78 is 37.7. The molecule has 0 radical (unpaired) electrons. The number of amides is 1. The van der Waals surface area contributed by atoms with Gasteiger partial charge in [-0.15, -0.1) is 0 Å². The van der Waals surface area contributed by atoms with E-state index in [1.165, 1.54) is 0 Å². The van der Waals surface area contributed by atoms with Crippen LogP contribution in [0.4, 0.5) is 5.69 Å². The standard InChI is InChI=1S/C22H27ClN2O5S/c1-5-18(25(31(4,27)28)19-13-17(23)8-6-14(19)2)22(26)24-15(3)16-7-9-20-21(12-16)30-11-10-29-20/h6-9,12-13,15,18H,5,10-11H2,1-4H3,(H,24,26)/t15-,18+/m0/s1. The molecule has 1 aliphatic rings. The van der Waals surface area contributed by atoms with Gasteiger partial charge in [0.15, 0.2) is 11.5 Å². The van der Waals surface area contributed by atoms with Gasteiger partial charge in [-0.3, -0.25) is 9.10 Å². The van der Waals surface area contributed by atoms with Crippen LogP contribution in [0.1, 0.15) is 37.4 Å². The third-order valence-corrected chi connectivity index (χ3v) is 6.56. The second kappa shape index (κ2) is 9.36. The van der Waals surface area contributed by atoms with Crippen LogP contribution in [-0.4, -0.2) is 39.8 Å². The lowest BCUT2D eigenvalue weighted by Gasteiger charge is -2.32. The number of hydrogen-bond acceptors (Lipinski definition) is 5. The number of aryl methyl sites for hydroxylation is 1. The third kappa shape index (κ3) is 5.25. The second-order valence-electron chi connectivity index (χ2n) is 7.55. The van der Waals surface area contributed by atoms with Gasteiger partial charge in [0, 0.05) is 5.02 Å². The van der Waals surface area contributed by atoms with Crippen LogP contribution < -0.4 is 19.1 Å². The van der Waals surface area contributed by atoms with Crippen LogP contribution in [0, 0.1) is 6.92 Å². The lowest BCUT2D eigenvalue weighted by molar-refractivity contribution is -0.122. The fraction of sp³-hybridized carbons (Fsp3) is 0.409. The molecule has 0 fully saturated rings. The number of nitrogens with zero attached hydrogens (tertiary/aromatic N) is 1. The van der Waals surface area contributed by atoms with Crippen molar-refractivity contribution in [1.29, 1.82) is 0 Å². The minimum absolute atomic E-state index is 0.290. The molecule has 2 atom stereocenters. The van der Waals surface area contributed by atoms with E-state index >= 15 is 0 Å². The Hall–Kier alpha value is -2.45. The maximum Gasteiger partial charge on any atom is 0.244 e. The summed E-state index contributed by atoms with van der Waals surface area (Å²) >= 11 is 6.12. The molecule has 0 saturated carbocycles. The van der Waals surface area contributed by atoms with E-state index < -0.39 is 22.0 Å². The molecule has 0 aromatic heterocycles. The molecule has 0 unspecified atom stereocenters. The molecule has 0 bridgehead atoms. The fourth-order valence-electron chi connectivity index (χ4n) is 3.58. The van der Waals surface area contributed by atoms with E-state index in [0.29, 0.717) is 47.4 Å². The smallest absolute Gasteiger partial charge is 0.244 e. The summed E-state index contributed by atoms with van der Waals surface area (Å²) in [7, 11) is -3.75. The molecule has 1 N–H and O–H groups in total. The maximum atomic E-state index is 13.2. The predicted molar refractivity (Wildman–Crippen MR) is 122 cm³/mol. The number of hydrogen-bond donors (Lipinski definition) is 1. The number of carbonyl (C=O) groups is 1. The molecule has 0 saturated heterocycles. The number of benzene rings is 2. The third-order valence-electron chi connectivity index (χ3n) is 5.16. The molecule has 0 aliphatic carbocycles. The van der Waals surface area contributed by atoms with Crippen molar-refractivity contribution in [3.05, 3.63) is 52.5 Å². The molecule has 1 amide bonds. The Balaban J connectivity index is 1.87. The van der Waals surface area contributed by atoms with E-state index in [-0.39, 0.29) is 6.04 Å². The van der Waals surface area contributed by atoms with Crippen molar-refractivity contribution in [2.75, 3.05) is 23.8 Å². The zero-order chi connectivity index (χ0) is 22.8. The number of fused-ring (bicyclic) bond motifs is 1. The topological polar surface area (TPSA) is 84.9 Å². The SMILES string of the molecule is CC[C@H](C(=O)N[C@@H](C)c1ccc2c(c1)OCCO2)N(c1cc(Cl)ccc1C)S(C)(=O)=O. The first-order chi connectivity index (χ1) is 14.6. The summed E-state index contributed by atoms with van der Waals surface area (Å²) in [6.45, 7) is 6.37. The first kappa shape index (κ1) is 23.2. The fourth-order valence-corrected chi connectivity index (χ4v) is 5.00. The molecular weight excluding hydrogens is 440 g/mol. The molecule has 7 nitrogen and oxygen atoms in total. The normalized spacial score (nSPS) is 15.1. The molecule has 9 heteroatoms. The quantitative estimate of drug-likeness (QED) is 0.670. The Morgan fingerprint density at radius 2 is 1.84 bits per heavy atom. The molecule has 1 aliphatic heterocycles. The summed E-state index contributed by atoms with van der Waals surface area (Å²) in [5.41, 5.74) is 1.93. The average molecular weight is 467 g/mol. The Labute approximate surface area is 188 Å². The van der Waals surface area contributed by atoms with Gasteiger partial charge >= 0.3 is 0 Å². The molecule has 2 aromatic rings. The second-order valence-corrected chi connectivity index (χ2v) is 9.84. The van der Waals surface area contributed by atoms with Crippen molar-refractivity contribution < 1.29 is 22.7 Å². The van der Waals surface area contributed by atoms with E-state index in [0.717, 1.165) is 16.1 Å². The average Bonchev–Trinajstić information content (AvgIpc) is 2.72. The predicted octanol–water partition coefficient (Wildman–Crippen LogP) is 3.84. The van der Waals surface area contributed by atoms with E-state index in [9.17, 15) is 13.2 Å². The molecule has 31 heavy (non-hydrogen) atoms. The minimum Gasteiger partial charge on any atom is -0.486 e. The molecular formula is C22H27ClN2O5S. The highest BCUT2D eigenvalue weighted by Gasteiger charge is 2.33. The Morgan fingerprint density at radius 1 is 1.16 bits per heavy atom. The Kier molecular flexibility index (Phi) is 7.01. The van der Waals surface area contributed by atoms with Crippen LogP contribution in [-0.2, 0) is 14.8 Å². The zero-order valence-corrected chi connectivity index (χ0v) is 19.6.